The Kier molecular flexibility index (Phi) is 5.30. The fourth-order valence-electron chi connectivity index (χ4n) is 3.37. The molecule has 2 amide bonds. The Labute approximate surface area is 181 Å². The van der Waals surface area contributed by atoms with Gasteiger partial charge in [-0.15, -0.1) is 0 Å². The number of halogens is 4. The molecule has 0 radical (unpaired) electrons. The highest BCUT2D eigenvalue weighted by molar-refractivity contribution is 6.30. The molecule has 0 saturated carbocycles. The van der Waals surface area contributed by atoms with Crippen molar-refractivity contribution in [3.63, 3.8) is 0 Å². The van der Waals surface area contributed by atoms with Crippen LogP contribution in [0.5, 0.6) is 11.8 Å². The van der Waals surface area contributed by atoms with Crippen LogP contribution in [-0.4, -0.2) is 34.6 Å². The number of ether oxygens (including phenoxy) is 1. The molecule has 31 heavy (non-hydrogen) atoms. The number of anilines is 1. The van der Waals surface area contributed by atoms with E-state index >= 15 is 0 Å². The Morgan fingerprint density at radius 3 is 2.52 bits per heavy atom. The van der Waals surface area contributed by atoms with Crippen LogP contribution < -0.4 is 9.64 Å². The number of alkyl halides is 3. The lowest BCUT2D eigenvalue weighted by Gasteiger charge is -2.30. The van der Waals surface area contributed by atoms with Gasteiger partial charge in [0.15, 0.2) is 5.82 Å². The first-order valence-corrected chi connectivity index (χ1v) is 9.69. The molecule has 162 valence electrons. The van der Waals surface area contributed by atoms with Crippen molar-refractivity contribution in [2.75, 3.05) is 19.0 Å². The first-order valence-electron chi connectivity index (χ1n) is 9.31. The molecule has 0 fully saturated rings. The van der Waals surface area contributed by atoms with E-state index in [4.69, 9.17) is 16.3 Å². The van der Waals surface area contributed by atoms with Gasteiger partial charge in [0.2, 0.25) is 0 Å². The zero-order valence-corrected chi connectivity index (χ0v) is 17.4. The highest BCUT2D eigenvalue weighted by atomic mass is 35.5. The van der Waals surface area contributed by atoms with Gasteiger partial charge in [-0.2, -0.15) is 18.2 Å². The predicted octanol–water partition coefficient (Wildman–Crippen LogP) is 5.40. The summed E-state index contributed by atoms with van der Waals surface area (Å²) < 4.78 is 46.8. The molecule has 3 aromatic rings. The average molecular weight is 451 g/mol. The van der Waals surface area contributed by atoms with Crippen molar-refractivity contribution < 1.29 is 22.7 Å². The van der Waals surface area contributed by atoms with E-state index in [1.165, 1.54) is 21.9 Å². The Bertz CT molecular complexity index is 1130. The molecule has 0 saturated heterocycles. The van der Waals surface area contributed by atoms with Crippen LogP contribution in [0.15, 0.2) is 48.5 Å². The second-order valence-corrected chi connectivity index (χ2v) is 7.64. The van der Waals surface area contributed by atoms with E-state index < -0.39 is 11.7 Å². The molecule has 1 aliphatic heterocycles. The normalized spacial score (nSPS) is 14.1. The molecule has 1 aromatic heterocycles. The summed E-state index contributed by atoms with van der Waals surface area (Å²) >= 11 is 5.97. The smallest absolute Gasteiger partial charge is 0.416 e. The summed E-state index contributed by atoms with van der Waals surface area (Å²) in [5, 5.41) is 0.585. The zero-order chi connectivity index (χ0) is 22.3. The Balaban J connectivity index is 1.76. The SMILES string of the molecule is CN1Cc2c(nc(Oc3cccc(C(F)(F)F)c3)n2Cc2ccc(Cl)cc2)N(C)C1=O. The van der Waals surface area contributed by atoms with Gasteiger partial charge in [-0.05, 0) is 35.9 Å². The van der Waals surface area contributed by atoms with Gasteiger partial charge in [0.1, 0.15) is 5.75 Å². The Morgan fingerprint density at radius 1 is 1.13 bits per heavy atom. The molecule has 6 nitrogen and oxygen atoms in total. The predicted molar refractivity (Wildman–Crippen MR) is 110 cm³/mol. The van der Waals surface area contributed by atoms with E-state index in [1.54, 1.807) is 30.8 Å². The molecule has 0 unspecified atom stereocenters. The molecule has 0 spiro atoms. The van der Waals surface area contributed by atoms with Crippen molar-refractivity contribution >= 4 is 23.4 Å². The third kappa shape index (κ3) is 4.18. The largest absolute Gasteiger partial charge is 0.425 e. The van der Waals surface area contributed by atoms with E-state index in [0.717, 1.165) is 17.7 Å². The molecule has 0 bridgehead atoms. The first-order chi connectivity index (χ1) is 14.6. The molecular formula is C21H18ClF3N4O2. The van der Waals surface area contributed by atoms with Crippen molar-refractivity contribution in [1.29, 1.82) is 0 Å². The summed E-state index contributed by atoms with van der Waals surface area (Å²) in [7, 11) is 3.25. The minimum Gasteiger partial charge on any atom is -0.425 e. The highest BCUT2D eigenvalue weighted by Gasteiger charge is 2.33. The number of hydrogen-bond donors (Lipinski definition) is 0. The summed E-state index contributed by atoms with van der Waals surface area (Å²) in [5.74, 6) is 0.399. The molecule has 4 rings (SSSR count). The number of imidazole rings is 1. The van der Waals surface area contributed by atoms with Crippen LogP contribution in [0.1, 0.15) is 16.8 Å². The fourth-order valence-corrected chi connectivity index (χ4v) is 3.50. The number of rotatable bonds is 4. The fraction of sp³-hybridized carbons (Fsp3) is 0.238. The van der Waals surface area contributed by atoms with E-state index in [0.29, 0.717) is 23.1 Å². The molecule has 0 N–H and O–H groups in total. The summed E-state index contributed by atoms with van der Waals surface area (Å²) in [4.78, 5) is 19.7. The van der Waals surface area contributed by atoms with Crippen LogP contribution in [0, 0.1) is 0 Å². The van der Waals surface area contributed by atoms with E-state index in [9.17, 15) is 18.0 Å². The van der Waals surface area contributed by atoms with Gasteiger partial charge >= 0.3 is 18.2 Å². The van der Waals surface area contributed by atoms with Crippen LogP contribution in [0.3, 0.4) is 0 Å². The number of nitrogens with zero attached hydrogens (tertiary/aromatic N) is 4. The van der Waals surface area contributed by atoms with Crippen LogP contribution in [0.2, 0.25) is 5.02 Å². The summed E-state index contributed by atoms with van der Waals surface area (Å²) in [6, 6.07) is 11.6. The Morgan fingerprint density at radius 2 is 1.84 bits per heavy atom. The number of benzene rings is 2. The second kappa shape index (κ2) is 7.81. The number of fused-ring (bicyclic) bond motifs is 1. The highest BCUT2D eigenvalue weighted by Crippen LogP contribution is 2.36. The number of hydrogen-bond acceptors (Lipinski definition) is 3. The third-order valence-electron chi connectivity index (χ3n) is 4.96. The molecule has 1 aliphatic rings. The lowest BCUT2D eigenvalue weighted by atomic mass is 10.2. The number of aromatic nitrogens is 2. The molecule has 2 aromatic carbocycles. The van der Waals surface area contributed by atoms with Gasteiger partial charge in [-0.3, -0.25) is 9.47 Å². The van der Waals surface area contributed by atoms with Crippen molar-refractivity contribution in [2.45, 2.75) is 19.3 Å². The van der Waals surface area contributed by atoms with Gasteiger partial charge in [0.25, 0.3) is 0 Å². The van der Waals surface area contributed by atoms with Crippen molar-refractivity contribution in [2.24, 2.45) is 0 Å². The molecule has 2 heterocycles. The Hall–Kier alpha value is -3.20. The van der Waals surface area contributed by atoms with Crippen molar-refractivity contribution in [3.8, 4) is 11.8 Å². The van der Waals surface area contributed by atoms with Crippen LogP contribution >= 0.6 is 11.6 Å². The monoisotopic (exact) mass is 450 g/mol. The number of carbonyl (C=O) groups excluding carboxylic acids is 1. The van der Waals surface area contributed by atoms with Crippen molar-refractivity contribution in [1.82, 2.24) is 14.5 Å². The van der Waals surface area contributed by atoms with Crippen LogP contribution in [0.4, 0.5) is 23.8 Å². The summed E-state index contributed by atoms with van der Waals surface area (Å²) in [6.07, 6.45) is -4.49. The molecule has 10 heteroatoms. The molecular weight excluding hydrogens is 433 g/mol. The van der Waals surface area contributed by atoms with Gasteiger partial charge in [-0.1, -0.05) is 29.8 Å². The number of urea groups is 1. The van der Waals surface area contributed by atoms with Gasteiger partial charge in [0, 0.05) is 19.1 Å². The lowest BCUT2D eigenvalue weighted by Crippen LogP contribution is -2.43. The minimum absolute atomic E-state index is 0.00291. The maximum atomic E-state index is 13.1. The maximum absolute atomic E-state index is 13.1. The zero-order valence-electron chi connectivity index (χ0n) is 16.7. The quantitative estimate of drug-likeness (QED) is 0.535. The summed E-state index contributed by atoms with van der Waals surface area (Å²) in [5.41, 5.74) is 0.778. The molecule has 0 atom stereocenters. The standard InChI is InChI=1S/C21H18ClF3N4O2/c1-27-12-17-18(28(2)20(27)30)26-19(29(17)11-13-6-8-15(22)9-7-13)31-16-5-3-4-14(10-16)21(23,24)25/h3-10H,11-12H2,1-2H3. The van der Waals surface area contributed by atoms with Gasteiger partial charge < -0.3 is 9.64 Å². The third-order valence-corrected chi connectivity index (χ3v) is 5.21. The van der Waals surface area contributed by atoms with E-state index in [-0.39, 0.29) is 24.3 Å². The van der Waals surface area contributed by atoms with Crippen LogP contribution in [-0.2, 0) is 19.3 Å². The minimum atomic E-state index is -4.49. The van der Waals surface area contributed by atoms with Crippen LogP contribution in [0.25, 0.3) is 0 Å². The number of amides is 2. The second-order valence-electron chi connectivity index (χ2n) is 7.20. The summed E-state index contributed by atoms with van der Waals surface area (Å²) in [6.45, 7) is 0.620. The maximum Gasteiger partial charge on any atom is 0.416 e. The van der Waals surface area contributed by atoms with Gasteiger partial charge in [0.05, 0.1) is 24.3 Å². The van der Waals surface area contributed by atoms with E-state index in [1.807, 2.05) is 12.1 Å². The molecule has 0 aliphatic carbocycles. The topological polar surface area (TPSA) is 50.6 Å². The first kappa shape index (κ1) is 21.0. The average Bonchev–Trinajstić information content (AvgIpc) is 3.04. The number of carbonyl (C=O) groups is 1. The van der Waals surface area contributed by atoms with Gasteiger partial charge in [-0.25, -0.2) is 4.79 Å². The van der Waals surface area contributed by atoms with E-state index in [2.05, 4.69) is 4.98 Å². The lowest BCUT2D eigenvalue weighted by molar-refractivity contribution is -0.137. The van der Waals surface area contributed by atoms with Crippen molar-refractivity contribution in [3.05, 3.63) is 70.4 Å².